The lowest BCUT2D eigenvalue weighted by molar-refractivity contribution is 0.0828. The molecule has 2 aromatic rings. The summed E-state index contributed by atoms with van der Waals surface area (Å²) >= 11 is 6.19. The van der Waals surface area contributed by atoms with Crippen molar-refractivity contribution in [1.29, 1.82) is 0 Å². The summed E-state index contributed by atoms with van der Waals surface area (Å²) in [5, 5.41) is 3.51. The molecule has 2 aromatic carbocycles. The lowest BCUT2D eigenvalue weighted by Gasteiger charge is -2.27. The molecule has 0 spiro atoms. The van der Waals surface area contributed by atoms with Crippen molar-refractivity contribution in [3.63, 3.8) is 0 Å². The van der Waals surface area contributed by atoms with Crippen LogP contribution in [0.4, 0.5) is 4.39 Å². The molecule has 158 valence electrons. The zero-order valence-corrected chi connectivity index (χ0v) is 17.4. The minimum Gasteiger partial charge on any atom is -0.366 e. The summed E-state index contributed by atoms with van der Waals surface area (Å²) < 4.78 is 14.4. The maximum Gasteiger partial charge on any atom is 0.248 e. The number of benzene rings is 2. The molecule has 7 heteroatoms. The van der Waals surface area contributed by atoms with E-state index in [1.165, 1.54) is 12.1 Å². The number of nitrogens with zero attached hydrogens (tertiary/aromatic N) is 1. The third kappa shape index (κ3) is 4.00. The summed E-state index contributed by atoms with van der Waals surface area (Å²) in [5.74, 6) is -0.743. The minimum atomic E-state index is -0.572. The number of carbonyl (C=O) groups excluding carboxylic acids is 2. The molecule has 2 saturated heterocycles. The van der Waals surface area contributed by atoms with Crippen LogP contribution < -0.4 is 11.1 Å². The molecule has 3 atom stereocenters. The van der Waals surface area contributed by atoms with E-state index in [1.807, 2.05) is 12.1 Å². The van der Waals surface area contributed by atoms with Crippen molar-refractivity contribution >= 4 is 23.3 Å². The number of amides is 1. The molecule has 2 aliphatic heterocycles. The zero-order valence-electron chi connectivity index (χ0n) is 16.6. The molecular weight excluding hydrogens is 405 g/mol. The van der Waals surface area contributed by atoms with Crippen molar-refractivity contribution in [2.24, 2.45) is 17.6 Å². The van der Waals surface area contributed by atoms with Crippen molar-refractivity contribution in [3.05, 3.63) is 70.0 Å². The summed E-state index contributed by atoms with van der Waals surface area (Å²) in [6.45, 7) is 3.08. The molecule has 2 fully saturated rings. The van der Waals surface area contributed by atoms with Crippen LogP contribution in [-0.2, 0) is 6.42 Å². The molecule has 4 rings (SSSR count). The fourth-order valence-corrected chi connectivity index (χ4v) is 5.19. The summed E-state index contributed by atoms with van der Waals surface area (Å²) in [6.07, 6.45) is 1.45. The van der Waals surface area contributed by atoms with E-state index in [1.54, 1.807) is 18.2 Å². The lowest BCUT2D eigenvalue weighted by Crippen LogP contribution is -2.42. The van der Waals surface area contributed by atoms with Crippen LogP contribution in [0.3, 0.4) is 0 Å². The van der Waals surface area contributed by atoms with Gasteiger partial charge in [0.2, 0.25) is 5.91 Å². The van der Waals surface area contributed by atoms with Crippen LogP contribution in [0.25, 0.3) is 0 Å². The highest BCUT2D eigenvalue weighted by Crippen LogP contribution is 2.36. The Hall–Kier alpha value is -2.28. The Kier molecular flexibility index (Phi) is 6.18. The molecule has 1 unspecified atom stereocenters. The fraction of sp³-hybridized carbons (Fsp3) is 0.391. The fourth-order valence-electron chi connectivity index (χ4n) is 4.93. The van der Waals surface area contributed by atoms with E-state index in [0.717, 1.165) is 31.6 Å². The van der Waals surface area contributed by atoms with Crippen molar-refractivity contribution in [2.75, 3.05) is 26.2 Å². The Balaban J connectivity index is 1.51. The average molecular weight is 430 g/mol. The van der Waals surface area contributed by atoms with Gasteiger partial charge in [-0.15, -0.1) is 0 Å². The van der Waals surface area contributed by atoms with Crippen LogP contribution in [0, 0.1) is 17.7 Å². The first-order valence-corrected chi connectivity index (χ1v) is 10.7. The number of Topliss-reactive ketones (excluding diaryl/α,β-unsaturated/α-hetero) is 1. The van der Waals surface area contributed by atoms with Crippen LogP contribution in [0.2, 0.25) is 5.02 Å². The number of rotatable bonds is 7. The Labute approximate surface area is 180 Å². The quantitative estimate of drug-likeness (QED) is 0.663. The number of likely N-dealkylation sites (tertiary alicyclic amines) is 1. The molecule has 1 amide bonds. The van der Waals surface area contributed by atoms with Gasteiger partial charge in [-0.25, -0.2) is 4.39 Å². The van der Waals surface area contributed by atoms with E-state index in [9.17, 15) is 14.0 Å². The van der Waals surface area contributed by atoms with Gasteiger partial charge in [-0.05, 0) is 61.5 Å². The maximum absolute atomic E-state index is 14.4. The van der Waals surface area contributed by atoms with Crippen LogP contribution in [0.1, 0.15) is 32.7 Å². The van der Waals surface area contributed by atoms with E-state index >= 15 is 0 Å². The number of primary amides is 1. The first-order valence-electron chi connectivity index (χ1n) is 10.3. The molecule has 0 radical (unpaired) electrons. The standard InChI is InChI=1S/C23H25ClFN3O2/c24-18-8-3-9-19(25)20(18)22(29)21-17-12-27-11-15(17)13-28(21)10-4-6-14-5-1-2-7-16(14)23(26)30/h1-3,5,7-9,15,17,21,27H,4,6,10-13H2,(H2,26,30)/t15?,17-,21+/m1/s1. The van der Waals surface area contributed by atoms with Crippen LogP contribution in [-0.4, -0.2) is 48.8 Å². The highest BCUT2D eigenvalue weighted by atomic mass is 35.5. The molecule has 0 aromatic heterocycles. The molecular formula is C23H25ClFN3O2. The number of fused-ring (bicyclic) bond motifs is 1. The first-order chi connectivity index (χ1) is 14.5. The van der Waals surface area contributed by atoms with Crippen molar-refractivity contribution in [3.8, 4) is 0 Å². The van der Waals surface area contributed by atoms with E-state index in [4.69, 9.17) is 17.3 Å². The van der Waals surface area contributed by atoms with E-state index in [-0.39, 0.29) is 22.3 Å². The number of hydrogen-bond acceptors (Lipinski definition) is 4. The summed E-state index contributed by atoms with van der Waals surface area (Å²) in [6, 6.07) is 11.3. The highest BCUT2D eigenvalue weighted by molar-refractivity contribution is 6.34. The predicted molar refractivity (Wildman–Crippen MR) is 114 cm³/mol. The van der Waals surface area contributed by atoms with E-state index < -0.39 is 17.8 Å². The monoisotopic (exact) mass is 429 g/mol. The number of aryl methyl sites for hydroxylation is 1. The zero-order chi connectivity index (χ0) is 21.3. The van der Waals surface area contributed by atoms with Crippen molar-refractivity contribution in [1.82, 2.24) is 10.2 Å². The molecule has 0 aliphatic carbocycles. The largest absolute Gasteiger partial charge is 0.366 e. The highest BCUT2D eigenvalue weighted by Gasteiger charge is 2.48. The van der Waals surface area contributed by atoms with Crippen molar-refractivity contribution < 1.29 is 14.0 Å². The van der Waals surface area contributed by atoms with E-state index in [2.05, 4.69) is 10.2 Å². The topological polar surface area (TPSA) is 75.4 Å². The third-order valence-corrected chi connectivity index (χ3v) is 6.63. The smallest absolute Gasteiger partial charge is 0.248 e. The number of hydrogen-bond donors (Lipinski definition) is 2. The van der Waals surface area contributed by atoms with Gasteiger partial charge in [0.25, 0.3) is 0 Å². The number of nitrogens with one attached hydrogen (secondary N) is 1. The third-order valence-electron chi connectivity index (χ3n) is 6.31. The van der Waals surface area contributed by atoms with Gasteiger partial charge in [0.1, 0.15) is 5.82 Å². The van der Waals surface area contributed by atoms with Gasteiger partial charge in [-0.1, -0.05) is 35.9 Å². The van der Waals surface area contributed by atoms with E-state index in [0.29, 0.717) is 24.4 Å². The summed E-state index contributed by atoms with van der Waals surface area (Å²) in [5.41, 5.74) is 6.90. The van der Waals surface area contributed by atoms with Gasteiger partial charge in [0, 0.05) is 18.7 Å². The summed E-state index contributed by atoms with van der Waals surface area (Å²) in [7, 11) is 0. The molecule has 0 bridgehead atoms. The Morgan fingerprint density at radius 2 is 1.97 bits per heavy atom. The molecule has 3 N–H and O–H groups in total. The van der Waals surface area contributed by atoms with Crippen LogP contribution in [0.15, 0.2) is 42.5 Å². The Morgan fingerprint density at radius 3 is 2.73 bits per heavy atom. The van der Waals surface area contributed by atoms with Gasteiger partial charge in [0.15, 0.2) is 5.78 Å². The molecule has 5 nitrogen and oxygen atoms in total. The lowest BCUT2D eigenvalue weighted by atomic mass is 9.89. The van der Waals surface area contributed by atoms with Crippen molar-refractivity contribution in [2.45, 2.75) is 18.9 Å². The van der Waals surface area contributed by atoms with Crippen LogP contribution in [0.5, 0.6) is 0 Å². The van der Waals surface area contributed by atoms with Gasteiger partial charge in [0.05, 0.1) is 16.6 Å². The second kappa shape index (κ2) is 8.84. The average Bonchev–Trinajstić information content (AvgIpc) is 3.29. The number of carbonyl (C=O) groups is 2. The number of halogens is 2. The minimum absolute atomic E-state index is 0.0132. The molecule has 2 heterocycles. The predicted octanol–water partition coefficient (Wildman–Crippen LogP) is 2.91. The number of nitrogens with two attached hydrogens (primary N) is 1. The first kappa shape index (κ1) is 21.0. The van der Waals surface area contributed by atoms with Gasteiger partial charge >= 0.3 is 0 Å². The normalized spacial score (nSPS) is 23.5. The van der Waals surface area contributed by atoms with Gasteiger partial charge in [-0.2, -0.15) is 0 Å². The second-order valence-electron chi connectivity index (χ2n) is 8.11. The molecule has 30 heavy (non-hydrogen) atoms. The van der Waals surface area contributed by atoms with Gasteiger partial charge in [-0.3, -0.25) is 14.5 Å². The SMILES string of the molecule is NC(=O)c1ccccc1CCCN1CC2CNC[C@H]2[C@H]1C(=O)c1c(F)cccc1Cl. The maximum atomic E-state index is 14.4. The second-order valence-corrected chi connectivity index (χ2v) is 8.52. The summed E-state index contributed by atoms with van der Waals surface area (Å²) in [4.78, 5) is 27.2. The Morgan fingerprint density at radius 1 is 1.17 bits per heavy atom. The molecule has 0 saturated carbocycles. The Bertz CT molecular complexity index is 947. The molecule has 2 aliphatic rings. The number of ketones is 1. The van der Waals surface area contributed by atoms with Gasteiger partial charge < -0.3 is 11.1 Å². The van der Waals surface area contributed by atoms with Crippen LogP contribution >= 0.6 is 11.6 Å².